The number of nitrogens with zero attached hydrogens (tertiary/aromatic N) is 3. The maximum absolute atomic E-state index is 11.3. The first kappa shape index (κ1) is 11.6. The minimum absolute atomic E-state index is 0.563. The van der Waals surface area contributed by atoms with Crippen LogP contribution in [0.25, 0.3) is 0 Å². The minimum Gasteiger partial charge on any atom is -0.366 e. The van der Waals surface area contributed by atoms with Gasteiger partial charge >= 0.3 is 0 Å². The number of pyridine rings is 1. The van der Waals surface area contributed by atoms with Crippen molar-refractivity contribution in [3.05, 3.63) is 65.5 Å². The average Bonchev–Trinajstić information content (AvgIpc) is 2.99. The molecule has 0 spiro atoms. The number of aliphatic imine (C=N–C) groups is 1. The summed E-state index contributed by atoms with van der Waals surface area (Å²) < 4.78 is 0. The number of hydrogen-bond acceptors (Lipinski definition) is 4. The molecule has 4 rings (SSSR count). The summed E-state index contributed by atoms with van der Waals surface area (Å²) in [7, 11) is 0. The van der Waals surface area contributed by atoms with Gasteiger partial charge < -0.3 is 10.0 Å². The van der Waals surface area contributed by atoms with Gasteiger partial charge in [0.05, 0.1) is 6.54 Å². The van der Waals surface area contributed by atoms with Gasteiger partial charge in [0, 0.05) is 36.5 Å². The zero-order valence-electron chi connectivity index (χ0n) is 11.0. The summed E-state index contributed by atoms with van der Waals surface area (Å²) in [4.78, 5) is 10.7. The Morgan fingerprint density at radius 2 is 2.05 bits per heavy atom. The summed E-state index contributed by atoms with van der Waals surface area (Å²) in [6, 6.07) is 12.0. The van der Waals surface area contributed by atoms with Gasteiger partial charge in [-0.1, -0.05) is 30.3 Å². The third-order valence-corrected chi connectivity index (χ3v) is 4.11. The van der Waals surface area contributed by atoms with Crippen LogP contribution < -0.4 is 0 Å². The van der Waals surface area contributed by atoms with E-state index >= 15 is 0 Å². The van der Waals surface area contributed by atoms with Crippen LogP contribution in [-0.2, 0) is 12.1 Å². The molecule has 0 saturated heterocycles. The molecule has 0 saturated carbocycles. The van der Waals surface area contributed by atoms with Gasteiger partial charge in [0.1, 0.15) is 5.84 Å². The van der Waals surface area contributed by atoms with Crippen molar-refractivity contribution in [1.29, 1.82) is 0 Å². The highest BCUT2D eigenvalue weighted by Crippen LogP contribution is 2.38. The molecule has 0 aliphatic carbocycles. The molecule has 1 aromatic carbocycles. The van der Waals surface area contributed by atoms with Crippen molar-refractivity contribution >= 4 is 5.84 Å². The van der Waals surface area contributed by atoms with Crippen LogP contribution in [0.2, 0.25) is 0 Å². The summed E-state index contributed by atoms with van der Waals surface area (Å²) in [6.45, 7) is 1.47. The molecule has 100 valence electrons. The molecule has 4 heteroatoms. The summed E-state index contributed by atoms with van der Waals surface area (Å²) in [5, 5.41) is 11.3. The molecule has 1 atom stereocenters. The molecular weight excluding hydrogens is 250 g/mol. The Kier molecular flexibility index (Phi) is 2.41. The molecule has 0 radical (unpaired) electrons. The molecule has 20 heavy (non-hydrogen) atoms. The number of rotatable bonds is 1. The fourth-order valence-electron chi connectivity index (χ4n) is 3.15. The fourth-order valence-corrected chi connectivity index (χ4v) is 3.15. The van der Waals surface area contributed by atoms with E-state index < -0.39 is 5.72 Å². The third-order valence-electron chi connectivity index (χ3n) is 4.11. The molecule has 1 N–H and O–H groups in total. The van der Waals surface area contributed by atoms with E-state index in [2.05, 4.69) is 22.1 Å². The molecule has 3 heterocycles. The molecule has 0 fully saturated rings. The molecule has 1 unspecified atom stereocenters. The monoisotopic (exact) mass is 265 g/mol. The summed E-state index contributed by atoms with van der Waals surface area (Å²) in [5.41, 5.74) is 2.05. The predicted octanol–water partition coefficient (Wildman–Crippen LogP) is 1.55. The number of aromatic nitrogens is 1. The fraction of sp³-hybridized carbons (Fsp3) is 0.250. The van der Waals surface area contributed by atoms with Crippen molar-refractivity contribution in [3.8, 4) is 0 Å². The Morgan fingerprint density at radius 1 is 1.15 bits per heavy atom. The first-order chi connectivity index (χ1) is 9.79. The lowest BCUT2D eigenvalue weighted by molar-refractivity contribution is -0.0747. The van der Waals surface area contributed by atoms with Crippen LogP contribution in [0.15, 0.2) is 53.8 Å². The number of benzene rings is 1. The topological polar surface area (TPSA) is 48.7 Å². The summed E-state index contributed by atoms with van der Waals surface area (Å²) in [5.74, 6) is 0.901. The number of amidine groups is 1. The Labute approximate surface area is 117 Å². The highest BCUT2D eigenvalue weighted by molar-refractivity contribution is 6.02. The van der Waals surface area contributed by atoms with E-state index in [1.165, 1.54) is 0 Å². The predicted molar refractivity (Wildman–Crippen MR) is 76.4 cm³/mol. The van der Waals surface area contributed by atoms with Gasteiger partial charge in [-0.25, -0.2) is 0 Å². The van der Waals surface area contributed by atoms with E-state index in [0.29, 0.717) is 6.42 Å². The Morgan fingerprint density at radius 3 is 2.90 bits per heavy atom. The van der Waals surface area contributed by atoms with Crippen LogP contribution in [0, 0.1) is 0 Å². The smallest absolute Gasteiger partial charge is 0.171 e. The zero-order valence-corrected chi connectivity index (χ0v) is 11.0. The van der Waals surface area contributed by atoms with Crippen LogP contribution in [0.1, 0.15) is 16.7 Å². The molecule has 2 aromatic rings. The first-order valence-corrected chi connectivity index (χ1v) is 6.82. The third kappa shape index (κ3) is 1.51. The van der Waals surface area contributed by atoms with Crippen LogP contribution >= 0.6 is 0 Å². The van der Waals surface area contributed by atoms with Gasteiger partial charge in [-0.05, 0) is 11.6 Å². The lowest BCUT2D eigenvalue weighted by Crippen LogP contribution is -2.53. The van der Waals surface area contributed by atoms with E-state index in [9.17, 15) is 5.11 Å². The Hall–Kier alpha value is -2.20. The van der Waals surface area contributed by atoms with Gasteiger partial charge in [0.2, 0.25) is 0 Å². The van der Waals surface area contributed by atoms with E-state index in [-0.39, 0.29) is 0 Å². The maximum atomic E-state index is 11.3. The van der Waals surface area contributed by atoms with E-state index in [1.54, 1.807) is 12.4 Å². The number of hydrogen-bond donors (Lipinski definition) is 1. The molecular formula is C16H15N3O. The van der Waals surface area contributed by atoms with Gasteiger partial charge in [0.15, 0.2) is 5.72 Å². The van der Waals surface area contributed by atoms with Gasteiger partial charge in [-0.15, -0.1) is 0 Å². The van der Waals surface area contributed by atoms with Crippen LogP contribution in [-0.4, -0.2) is 33.9 Å². The van der Waals surface area contributed by atoms with E-state index in [1.807, 2.05) is 29.2 Å². The van der Waals surface area contributed by atoms with Crippen molar-refractivity contribution < 1.29 is 5.11 Å². The second-order valence-corrected chi connectivity index (χ2v) is 5.25. The van der Waals surface area contributed by atoms with Gasteiger partial charge in [-0.3, -0.25) is 9.98 Å². The second kappa shape index (κ2) is 4.15. The summed E-state index contributed by atoms with van der Waals surface area (Å²) in [6.07, 6.45) is 4.03. The average molecular weight is 265 g/mol. The molecule has 2 aliphatic heterocycles. The van der Waals surface area contributed by atoms with Crippen LogP contribution in [0.4, 0.5) is 0 Å². The molecule has 0 bridgehead atoms. The van der Waals surface area contributed by atoms with Crippen molar-refractivity contribution in [2.24, 2.45) is 4.99 Å². The Balaban J connectivity index is 1.90. The first-order valence-electron chi connectivity index (χ1n) is 6.82. The van der Waals surface area contributed by atoms with Crippen molar-refractivity contribution in [2.45, 2.75) is 12.1 Å². The maximum Gasteiger partial charge on any atom is 0.171 e. The van der Waals surface area contributed by atoms with Crippen LogP contribution in [0.3, 0.4) is 0 Å². The summed E-state index contributed by atoms with van der Waals surface area (Å²) >= 11 is 0. The quantitative estimate of drug-likeness (QED) is 0.851. The normalized spacial score (nSPS) is 24.1. The highest BCUT2D eigenvalue weighted by Gasteiger charge is 2.44. The lowest BCUT2D eigenvalue weighted by atomic mass is 9.87. The SMILES string of the molecule is OC1(c2cccnc2)Cc2ccccc2C2=NCCN21. The number of fused-ring (bicyclic) bond motifs is 3. The molecule has 4 nitrogen and oxygen atoms in total. The van der Waals surface area contributed by atoms with E-state index in [0.717, 1.165) is 35.6 Å². The largest absolute Gasteiger partial charge is 0.366 e. The minimum atomic E-state index is -1.04. The highest BCUT2D eigenvalue weighted by atomic mass is 16.3. The van der Waals surface area contributed by atoms with Gasteiger partial charge in [0.25, 0.3) is 0 Å². The molecule has 1 aromatic heterocycles. The zero-order chi connectivity index (χ0) is 13.6. The second-order valence-electron chi connectivity index (χ2n) is 5.25. The molecule has 2 aliphatic rings. The number of aliphatic hydroxyl groups is 1. The van der Waals surface area contributed by atoms with Crippen molar-refractivity contribution in [1.82, 2.24) is 9.88 Å². The Bertz CT molecular complexity index is 683. The van der Waals surface area contributed by atoms with Crippen molar-refractivity contribution in [3.63, 3.8) is 0 Å². The van der Waals surface area contributed by atoms with Gasteiger partial charge in [-0.2, -0.15) is 0 Å². The van der Waals surface area contributed by atoms with Crippen molar-refractivity contribution in [2.75, 3.05) is 13.1 Å². The lowest BCUT2D eigenvalue weighted by Gasteiger charge is -2.43. The standard InChI is InChI=1S/C16H15N3O/c20-16(13-5-3-7-17-11-13)10-12-4-1-2-6-14(12)15-18-8-9-19(15)16/h1-7,11,20H,8-10H2. The molecule has 0 amide bonds. The van der Waals surface area contributed by atoms with E-state index in [4.69, 9.17) is 0 Å². The van der Waals surface area contributed by atoms with Crippen LogP contribution in [0.5, 0.6) is 0 Å².